The van der Waals surface area contributed by atoms with Crippen LogP contribution in [0.2, 0.25) is 1.41 Å². The average molecular weight is 212 g/mol. The molecule has 0 aliphatic rings. The highest BCUT2D eigenvalue weighted by Gasteiger charge is 2.07. The fourth-order valence-electron chi connectivity index (χ4n) is 1.21. The Kier molecular flexibility index (Phi) is 2.97. The number of anilines is 1. The fraction of sp³-hybridized carbons (Fsp3) is 0.300. The zero-order valence-corrected chi connectivity index (χ0v) is 8.09. The summed E-state index contributed by atoms with van der Waals surface area (Å²) in [5.74, 6) is 0. The summed E-state index contributed by atoms with van der Waals surface area (Å²) in [7, 11) is 0. The number of nitrogens with two attached hydrogens (primary N) is 1. The highest BCUT2D eigenvalue weighted by molar-refractivity contribution is 5.64. The van der Waals surface area contributed by atoms with E-state index in [1.54, 1.807) is 24.3 Å². The third-order valence-corrected chi connectivity index (χ3v) is 1.94. The van der Waals surface area contributed by atoms with Crippen molar-refractivity contribution in [2.45, 2.75) is 12.5 Å². The van der Waals surface area contributed by atoms with E-state index in [9.17, 15) is 9.90 Å². The average Bonchev–Trinajstić information content (AvgIpc) is 2.34. The number of hydrogen-bond acceptors (Lipinski definition) is 4. The van der Waals surface area contributed by atoms with Gasteiger partial charge in [-0.05, 0) is 24.1 Å². The predicted molar refractivity (Wildman–Crippen MR) is 56.5 cm³/mol. The summed E-state index contributed by atoms with van der Waals surface area (Å²) in [5, 5.41) is 13.9. The SMILES string of the molecule is [2H]OC(=O)N([2H])CCC(O)c1cccc(N)c1. The number of aliphatic hydroxyl groups is 1. The monoisotopic (exact) mass is 212 g/mol. The molecule has 0 saturated heterocycles. The molecule has 0 aliphatic heterocycles. The molecule has 5 nitrogen and oxygen atoms in total. The summed E-state index contributed by atoms with van der Waals surface area (Å²) in [4.78, 5) is 10.7. The summed E-state index contributed by atoms with van der Waals surface area (Å²) in [6, 6.07) is 6.74. The second-order valence-electron chi connectivity index (χ2n) is 3.12. The summed E-state index contributed by atoms with van der Waals surface area (Å²) in [5.41, 5.74) is 6.72. The molecule has 1 unspecified atom stereocenters. The van der Waals surface area contributed by atoms with Crippen LogP contribution in [0.15, 0.2) is 24.3 Å². The van der Waals surface area contributed by atoms with Gasteiger partial charge in [-0.25, -0.2) is 4.79 Å². The van der Waals surface area contributed by atoms with Gasteiger partial charge in [0, 0.05) is 12.2 Å². The molecule has 0 heterocycles. The predicted octanol–water partition coefficient (Wildman–Crippen LogP) is 0.960. The van der Waals surface area contributed by atoms with E-state index in [1.807, 2.05) is 0 Å². The number of hydrogen-bond donors (Lipinski definition) is 4. The number of aliphatic hydroxyl groups excluding tert-OH is 1. The fourth-order valence-corrected chi connectivity index (χ4v) is 1.21. The lowest BCUT2D eigenvalue weighted by molar-refractivity contribution is 0.162. The first-order chi connectivity index (χ1) is 8.04. The highest BCUT2D eigenvalue weighted by atomic mass is 16.4. The van der Waals surface area contributed by atoms with Crippen molar-refractivity contribution in [2.24, 2.45) is 0 Å². The molecule has 15 heavy (non-hydrogen) atoms. The zero-order chi connectivity index (χ0) is 12.8. The van der Waals surface area contributed by atoms with Gasteiger partial charge in [-0.1, -0.05) is 12.1 Å². The van der Waals surface area contributed by atoms with Crippen molar-refractivity contribution in [2.75, 3.05) is 12.3 Å². The Morgan fingerprint density at radius 1 is 1.73 bits per heavy atom. The zero-order valence-electron chi connectivity index (χ0n) is 10.1. The second-order valence-corrected chi connectivity index (χ2v) is 3.12. The van der Waals surface area contributed by atoms with Crippen molar-refractivity contribution in [3.05, 3.63) is 29.8 Å². The standard InChI is InChI=1S/C10H14N2O3/c11-8-3-1-2-7(6-8)9(13)4-5-12-10(14)15/h1-3,6,9,12-13H,4-5,11H2,(H,14,15)/i/hD2. The molecule has 0 aromatic heterocycles. The van der Waals surface area contributed by atoms with E-state index < -0.39 is 12.2 Å². The van der Waals surface area contributed by atoms with Crippen LogP contribution in [0.4, 0.5) is 10.5 Å². The first-order valence-corrected chi connectivity index (χ1v) is 4.51. The lowest BCUT2D eigenvalue weighted by Crippen LogP contribution is -2.23. The molecule has 5 heteroatoms. The van der Waals surface area contributed by atoms with Gasteiger partial charge >= 0.3 is 6.09 Å². The molecule has 0 bridgehead atoms. The molecule has 5 N–H and O–H groups in total. The Labute approximate surface area is 90.5 Å². The Balaban J connectivity index is 2.50. The molecule has 1 rings (SSSR count). The lowest BCUT2D eigenvalue weighted by Gasteiger charge is -2.11. The number of carboxylic acid groups (broad SMARTS) is 1. The quantitative estimate of drug-likeness (QED) is 0.559. The van der Waals surface area contributed by atoms with E-state index in [2.05, 4.69) is 5.11 Å². The highest BCUT2D eigenvalue weighted by Crippen LogP contribution is 2.17. The molecule has 0 spiro atoms. The van der Waals surface area contributed by atoms with Gasteiger partial charge in [-0.3, -0.25) is 0 Å². The van der Waals surface area contributed by atoms with Crippen LogP contribution < -0.4 is 11.0 Å². The first-order valence-electron chi connectivity index (χ1n) is 5.37. The minimum Gasteiger partial charge on any atom is -0.465 e. The largest absolute Gasteiger partial charge is 0.465 e. The van der Waals surface area contributed by atoms with Gasteiger partial charge in [0.15, 0.2) is 1.41 Å². The molecule has 0 aliphatic carbocycles. The molecular formula is C10H14N2O3. The maximum absolute atomic E-state index is 10.7. The van der Waals surface area contributed by atoms with Crippen molar-refractivity contribution in [1.29, 1.82) is 1.43 Å². The van der Waals surface area contributed by atoms with Gasteiger partial charge in [0.25, 0.3) is 1.43 Å². The van der Waals surface area contributed by atoms with Crippen LogP contribution in [-0.2, 0) is 0 Å². The molecule has 0 fully saturated rings. The third kappa shape index (κ3) is 3.86. The lowest BCUT2D eigenvalue weighted by atomic mass is 10.1. The van der Waals surface area contributed by atoms with Gasteiger partial charge in [-0.15, -0.1) is 0 Å². The van der Waals surface area contributed by atoms with Crippen LogP contribution in [0.25, 0.3) is 1.43 Å². The van der Waals surface area contributed by atoms with E-state index in [-0.39, 0.29) is 13.0 Å². The van der Waals surface area contributed by atoms with E-state index in [1.165, 1.54) is 0 Å². The minimum atomic E-state index is -1.08. The molecule has 82 valence electrons. The van der Waals surface area contributed by atoms with Crippen molar-refractivity contribution >= 4 is 11.8 Å². The van der Waals surface area contributed by atoms with E-state index in [0.717, 1.165) is 0 Å². The molecule has 1 aromatic carbocycles. The van der Waals surface area contributed by atoms with Crippen molar-refractivity contribution < 1.29 is 16.4 Å². The van der Waals surface area contributed by atoms with E-state index in [0.29, 0.717) is 16.6 Å². The summed E-state index contributed by atoms with van der Waals surface area (Å²) in [6.07, 6.45) is -1.73. The molecule has 1 aromatic rings. The van der Waals surface area contributed by atoms with Gasteiger partial charge in [0.1, 0.15) is 0 Å². The maximum atomic E-state index is 10.7. The Morgan fingerprint density at radius 3 is 3.20 bits per heavy atom. The van der Waals surface area contributed by atoms with Gasteiger partial charge in [0.05, 0.1) is 6.10 Å². The summed E-state index contributed by atoms with van der Waals surface area (Å²) < 4.78 is 13.5. The summed E-state index contributed by atoms with van der Waals surface area (Å²) >= 11 is 0. The van der Waals surface area contributed by atoms with Crippen LogP contribution in [0.1, 0.15) is 18.1 Å². The smallest absolute Gasteiger partial charge is 0.404 e. The van der Waals surface area contributed by atoms with Gasteiger partial charge in [-0.2, -0.15) is 0 Å². The number of benzene rings is 1. The molecule has 0 radical (unpaired) electrons. The van der Waals surface area contributed by atoms with E-state index in [4.69, 9.17) is 8.58 Å². The number of nitrogen functional groups attached to an aromatic ring is 1. The first kappa shape index (κ1) is 8.55. The molecule has 0 saturated carbocycles. The molecule has 1 atom stereocenters. The normalized spacial score (nSPS) is 13.7. The Morgan fingerprint density at radius 2 is 2.53 bits per heavy atom. The molecular weight excluding hydrogens is 196 g/mol. The van der Waals surface area contributed by atoms with Crippen molar-refractivity contribution in [3.8, 4) is 0 Å². The van der Waals surface area contributed by atoms with Crippen LogP contribution in [-0.4, -0.2) is 22.9 Å². The third-order valence-electron chi connectivity index (χ3n) is 1.94. The number of carbonyl (C=O) groups is 1. The van der Waals surface area contributed by atoms with Crippen LogP contribution in [0, 0.1) is 0 Å². The van der Waals surface area contributed by atoms with Crippen LogP contribution in [0.3, 0.4) is 0 Å². The Hall–Kier alpha value is -1.75. The Bertz CT molecular complexity index is 390. The van der Waals surface area contributed by atoms with Gasteiger partial charge in [0.2, 0.25) is 0 Å². The van der Waals surface area contributed by atoms with Crippen molar-refractivity contribution in [3.63, 3.8) is 0 Å². The second kappa shape index (κ2) is 5.21. The van der Waals surface area contributed by atoms with Crippen LogP contribution >= 0.6 is 0 Å². The number of amides is 1. The van der Waals surface area contributed by atoms with Crippen LogP contribution in [0.5, 0.6) is 0 Å². The topological polar surface area (TPSA) is 95.6 Å². The number of nitrogens with one attached hydrogen (secondary N) is 1. The number of rotatable bonds is 4. The van der Waals surface area contributed by atoms with E-state index >= 15 is 0 Å². The molecule has 1 amide bonds. The van der Waals surface area contributed by atoms with Crippen molar-refractivity contribution in [1.82, 2.24) is 5.31 Å². The minimum absolute atomic E-state index is 0.0340. The maximum Gasteiger partial charge on any atom is 0.404 e. The van der Waals surface area contributed by atoms with Gasteiger partial charge < -0.3 is 21.3 Å². The summed E-state index contributed by atoms with van der Waals surface area (Å²) in [6.45, 7) is -0.0340.